The summed E-state index contributed by atoms with van der Waals surface area (Å²) in [5.74, 6) is 0.385. The monoisotopic (exact) mass is 203 g/mol. The molecule has 0 aromatic heterocycles. The van der Waals surface area contributed by atoms with Gasteiger partial charge in [0.1, 0.15) is 0 Å². The summed E-state index contributed by atoms with van der Waals surface area (Å²) in [5.41, 5.74) is 0. The SMILES string of the molecule is CNC1CCC(SCC(=O)OC)C1. The van der Waals surface area contributed by atoms with E-state index < -0.39 is 0 Å². The second-order valence-corrected chi connectivity index (χ2v) is 4.60. The number of ether oxygens (including phenoxy) is 1. The summed E-state index contributed by atoms with van der Waals surface area (Å²) in [6, 6.07) is 0.648. The van der Waals surface area contributed by atoms with Gasteiger partial charge in [0.25, 0.3) is 0 Å². The molecule has 1 saturated carbocycles. The fraction of sp³-hybridized carbons (Fsp3) is 0.889. The first kappa shape index (κ1) is 10.9. The topological polar surface area (TPSA) is 38.3 Å². The molecule has 0 bridgehead atoms. The van der Waals surface area contributed by atoms with Crippen LogP contribution < -0.4 is 5.32 Å². The molecule has 2 unspecified atom stereocenters. The quantitative estimate of drug-likeness (QED) is 0.693. The van der Waals surface area contributed by atoms with Crippen molar-refractivity contribution in [1.82, 2.24) is 5.32 Å². The van der Waals surface area contributed by atoms with Crippen LogP contribution in [0.25, 0.3) is 0 Å². The van der Waals surface area contributed by atoms with E-state index >= 15 is 0 Å². The van der Waals surface area contributed by atoms with Gasteiger partial charge < -0.3 is 10.1 Å². The van der Waals surface area contributed by atoms with Crippen molar-refractivity contribution in [3.8, 4) is 0 Å². The van der Waals surface area contributed by atoms with Crippen LogP contribution in [0.15, 0.2) is 0 Å². The number of methoxy groups -OCH3 is 1. The van der Waals surface area contributed by atoms with Crippen molar-refractivity contribution in [1.29, 1.82) is 0 Å². The molecule has 0 saturated heterocycles. The average Bonchev–Trinajstić information content (AvgIpc) is 2.61. The molecule has 1 rings (SSSR count). The van der Waals surface area contributed by atoms with E-state index in [-0.39, 0.29) is 5.97 Å². The average molecular weight is 203 g/mol. The Balaban J connectivity index is 2.13. The van der Waals surface area contributed by atoms with E-state index in [9.17, 15) is 4.79 Å². The van der Waals surface area contributed by atoms with Gasteiger partial charge in [0, 0.05) is 11.3 Å². The number of rotatable bonds is 4. The van der Waals surface area contributed by atoms with Crippen molar-refractivity contribution in [3.05, 3.63) is 0 Å². The number of carbonyl (C=O) groups is 1. The molecule has 0 aromatic carbocycles. The van der Waals surface area contributed by atoms with Crippen molar-refractivity contribution in [2.24, 2.45) is 0 Å². The Morgan fingerprint density at radius 2 is 2.38 bits per heavy atom. The van der Waals surface area contributed by atoms with Gasteiger partial charge in [-0.1, -0.05) is 0 Å². The van der Waals surface area contributed by atoms with E-state index in [1.807, 2.05) is 7.05 Å². The van der Waals surface area contributed by atoms with Crippen molar-refractivity contribution < 1.29 is 9.53 Å². The van der Waals surface area contributed by atoms with Crippen LogP contribution in [0.1, 0.15) is 19.3 Å². The smallest absolute Gasteiger partial charge is 0.315 e. The molecule has 0 radical (unpaired) electrons. The summed E-state index contributed by atoms with van der Waals surface area (Å²) in [4.78, 5) is 10.9. The third-order valence-electron chi connectivity index (χ3n) is 2.46. The largest absolute Gasteiger partial charge is 0.468 e. The van der Waals surface area contributed by atoms with Gasteiger partial charge in [0.05, 0.1) is 12.9 Å². The molecule has 0 aliphatic heterocycles. The van der Waals surface area contributed by atoms with Crippen molar-refractivity contribution >= 4 is 17.7 Å². The highest BCUT2D eigenvalue weighted by molar-refractivity contribution is 8.00. The van der Waals surface area contributed by atoms with E-state index in [0.717, 1.165) is 0 Å². The molecule has 1 N–H and O–H groups in total. The lowest BCUT2D eigenvalue weighted by atomic mass is 10.3. The maximum absolute atomic E-state index is 10.9. The highest BCUT2D eigenvalue weighted by Crippen LogP contribution is 2.29. The van der Waals surface area contributed by atoms with E-state index in [4.69, 9.17) is 0 Å². The first-order chi connectivity index (χ1) is 6.26. The van der Waals surface area contributed by atoms with Crippen molar-refractivity contribution in [2.45, 2.75) is 30.6 Å². The maximum Gasteiger partial charge on any atom is 0.315 e. The van der Waals surface area contributed by atoms with E-state index in [1.54, 1.807) is 11.8 Å². The number of nitrogens with one attached hydrogen (secondary N) is 1. The second kappa shape index (κ2) is 5.50. The number of hydrogen-bond donors (Lipinski definition) is 1. The zero-order chi connectivity index (χ0) is 9.68. The predicted molar refractivity (Wildman–Crippen MR) is 55.0 cm³/mol. The lowest BCUT2D eigenvalue weighted by Crippen LogP contribution is -2.21. The lowest BCUT2D eigenvalue weighted by Gasteiger charge is -2.09. The number of thioether (sulfide) groups is 1. The Morgan fingerprint density at radius 1 is 1.62 bits per heavy atom. The van der Waals surface area contributed by atoms with Crippen molar-refractivity contribution in [2.75, 3.05) is 19.9 Å². The third-order valence-corrected chi connectivity index (χ3v) is 3.76. The summed E-state index contributed by atoms with van der Waals surface area (Å²) in [7, 11) is 3.44. The number of carbonyl (C=O) groups excluding carboxylic acids is 1. The lowest BCUT2D eigenvalue weighted by molar-refractivity contribution is -0.137. The Hall–Kier alpha value is -0.220. The maximum atomic E-state index is 10.9. The first-order valence-electron chi connectivity index (χ1n) is 4.62. The minimum absolute atomic E-state index is 0.113. The summed E-state index contributed by atoms with van der Waals surface area (Å²) in [6.45, 7) is 0. The zero-order valence-corrected chi connectivity index (χ0v) is 9.02. The molecule has 1 fully saturated rings. The Labute approximate surface area is 83.6 Å². The summed E-state index contributed by atoms with van der Waals surface area (Å²) in [5, 5.41) is 3.90. The predicted octanol–water partition coefficient (Wildman–Crippen LogP) is 1.03. The first-order valence-corrected chi connectivity index (χ1v) is 5.66. The van der Waals surface area contributed by atoms with Crippen molar-refractivity contribution in [3.63, 3.8) is 0 Å². The summed E-state index contributed by atoms with van der Waals surface area (Å²) in [6.07, 6.45) is 3.63. The molecule has 0 spiro atoms. The Morgan fingerprint density at radius 3 is 2.92 bits per heavy atom. The van der Waals surface area contributed by atoms with Gasteiger partial charge in [-0.25, -0.2) is 0 Å². The van der Waals surface area contributed by atoms with Crippen LogP contribution in [-0.4, -0.2) is 37.2 Å². The Bertz CT molecular complexity index is 175. The van der Waals surface area contributed by atoms with Gasteiger partial charge in [0.2, 0.25) is 0 Å². The molecule has 76 valence electrons. The molecule has 0 amide bonds. The minimum Gasteiger partial charge on any atom is -0.468 e. The molecule has 4 heteroatoms. The number of hydrogen-bond acceptors (Lipinski definition) is 4. The Kier molecular flexibility index (Phi) is 4.59. The second-order valence-electron chi connectivity index (χ2n) is 3.31. The van der Waals surface area contributed by atoms with E-state index in [2.05, 4.69) is 10.1 Å². The fourth-order valence-electron chi connectivity index (χ4n) is 1.60. The molecule has 1 aliphatic rings. The summed E-state index contributed by atoms with van der Waals surface area (Å²) < 4.78 is 4.59. The fourth-order valence-corrected chi connectivity index (χ4v) is 2.76. The molecule has 0 aromatic rings. The molecular formula is C9H17NO2S. The van der Waals surface area contributed by atoms with E-state index in [1.165, 1.54) is 26.4 Å². The molecule has 1 aliphatic carbocycles. The molecule has 3 nitrogen and oxygen atoms in total. The molecular weight excluding hydrogens is 186 g/mol. The van der Waals surface area contributed by atoms with Crippen LogP contribution in [0.4, 0.5) is 0 Å². The van der Waals surface area contributed by atoms with Gasteiger partial charge in [-0.2, -0.15) is 0 Å². The van der Waals surface area contributed by atoms with Gasteiger partial charge in [-0.15, -0.1) is 11.8 Å². The number of esters is 1. The van der Waals surface area contributed by atoms with Crippen LogP contribution >= 0.6 is 11.8 Å². The normalized spacial score (nSPS) is 27.5. The van der Waals surface area contributed by atoms with Crippen LogP contribution in [0.5, 0.6) is 0 Å². The zero-order valence-electron chi connectivity index (χ0n) is 8.21. The molecule has 0 heterocycles. The van der Waals surface area contributed by atoms with Gasteiger partial charge in [-0.05, 0) is 26.3 Å². The standard InChI is InChI=1S/C9H17NO2S/c1-10-7-3-4-8(5-7)13-6-9(11)12-2/h7-8,10H,3-6H2,1-2H3. The van der Waals surface area contributed by atoms with Crippen LogP contribution in [-0.2, 0) is 9.53 Å². The summed E-state index contributed by atoms with van der Waals surface area (Å²) >= 11 is 1.72. The highest BCUT2D eigenvalue weighted by Gasteiger charge is 2.24. The minimum atomic E-state index is -0.113. The van der Waals surface area contributed by atoms with Crippen LogP contribution in [0, 0.1) is 0 Å². The highest BCUT2D eigenvalue weighted by atomic mass is 32.2. The van der Waals surface area contributed by atoms with Crippen LogP contribution in [0.2, 0.25) is 0 Å². The van der Waals surface area contributed by atoms with Gasteiger partial charge in [-0.3, -0.25) is 4.79 Å². The van der Waals surface area contributed by atoms with Crippen LogP contribution in [0.3, 0.4) is 0 Å². The molecule has 13 heavy (non-hydrogen) atoms. The van der Waals surface area contributed by atoms with E-state index in [0.29, 0.717) is 17.0 Å². The third kappa shape index (κ3) is 3.56. The van der Waals surface area contributed by atoms with Gasteiger partial charge >= 0.3 is 5.97 Å². The molecule has 2 atom stereocenters. The van der Waals surface area contributed by atoms with Gasteiger partial charge in [0.15, 0.2) is 0 Å².